The van der Waals surface area contributed by atoms with E-state index in [4.69, 9.17) is 5.10 Å². The quantitative estimate of drug-likeness (QED) is 0.109. The summed E-state index contributed by atoms with van der Waals surface area (Å²) in [7, 11) is 1.77. The van der Waals surface area contributed by atoms with Crippen molar-refractivity contribution in [3.8, 4) is 11.1 Å². The molecule has 0 radical (unpaired) electrons. The lowest BCUT2D eigenvalue weighted by atomic mass is 9.92. The van der Waals surface area contributed by atoms with E-state index in [0.29, 0.717) is 68.9 Å². The Morgan fingerprint density at radius 2 is 1.64 bits per heavy atom. The highest BCUT2D eigenvalue weighted by Crippen LogP contribution is 2.44. The fraction of sp³-hybridized carbons (Fsp3) is 0.500. The molecule has 348 valence electrons. The third-order valence-electron chi connectivity index (χ3n) is 13.9. The zero-order valence-electron chi connectivity index (χ0n) is 37.5. The summed E-state index contributed by atoms with van der Waals surface area (Å²) in [6.07, 6.45) is 9.60. The Morgan fingerprint density at radius 3 is 2.38 bits per heavy atom. The molecule has 0 saturated carbocycles. The predicted octanol–water partition coefficient (Wildman–Crippen LogP) is 6.23. The number of likely N-dealkylation sites (tertiary alicyclic amines) is 1. The van der Waals surface area contributed by atoms with Gasteiger partial charge in [0.15, 0.2) is 5.82 Å². The van der Waals surface area contributed by atoms with Crippen LogP contribution < -0.4 is 15.5 Å². The van der Waals surface area contributed by atoms with Crippen LogP contribution in [0, 0.1) is 0 Å². The molecule has 6 amide bonds. The molecule has 66 heavy (non-hydrogen) atoms. The molecule has 5 aliphatic rings. The predicted molar refractivity (Wildman–Crippen MR) is 240 cm³/mol. The van der Waals surface area contributed by atoms with E-state index in [0.717, 1.165) is 91.0 Å². The normalized spacial score (nSPS) is 18.8. The molecular weight excluding hydrogens is 851 g/mol. The number of amides is 6. The molecule has 1 unspecified atom stereocenters. The van der Waals surface area contributed by atoms with Gasteiger partial charge >= 0.3 is 0 Å². The highest BCUT2D eigenvalue weighted by Gasteiger charge is 2.45. The van der Waals surface area contributed by atoms with Crippen LogP contribution in [0.4, 0.5) is 26.0 Å². The van der Waals surface area contributed by atoms with Crippen molar-refractivity contribution >= 4 is 52.6 Å². The first-order valence-corrected chi connectivity index (χ1v) is 23.3. The molecule has 9 rings (SSSR count). The summed E-state index contributed by atoms with van der Waals surface area (Å²) >= 11 is 0. The second-order valence-electron chi connectivity index (χ2n) is 18.2. The molecule has 0 bridgehead atoms. The van der Waals surface area contributed by atoms with Gasteiger partial charge in [0.1, 0.15) is 6.04 Å². The SMILES string of the molecule is CC(=O)N1CCc2c(c(N3CCCc4cc(-c5cnn(C)c5)c(C(F)F)cc43)nn2C2CCN(C(=O)CCCCCCCNc3ccc4c(c3)C(=O)N(C3CCC(=O)NC3=O)C4=O)CC2)C1. The number of anilines is 3. The number of imide groups is 2. The van der Waals surface area contributed by atoms with Gasteiger partial charge in [-0.3, -0.25) is 48.3 Å². The number of carbonyl (C=O) groups is 6. The molecule has 2 aromatic heterocycles. The Balaban J connectivity index is 0.760. The lowest BCUT2D eigenvalue weighted by molar-refractivity contribution is -0.136. The monoisotopic (exact) mass is 906 g/mol. The van der Waals surface area contributed by atoms with Gasteiger partial charge in [-0.05, 0) is 86.4 Å². The number of rotatable bonds is 14. The summed E-state index contributed by atoms with van der Waals surface area (Å²) in [6, 6.07) is 7.56. The number of nitrogens with one attached hydrogen (secondary N) is 2. The van der Waals surface area contributed by atoms with Crippen molar-refractivity contribution in [2.45, 2.75) is 115 Å². The Morgan fingerprint density at radius 1 is 0.864 bits per heavy atom. The number of unbranched alkanes of at least 4 members (excludes halogenated alkanes) is 4. The molecule has 18 heteroatoms. The van der Waals surface area contributed by atoms with Gasteiger partial charge < -0.3 is 20.0 Å². The minimum absolute atomic E-state index is 0.0157. The summed E-state index contributed by atoms with van der Waals surface area (Å²) in [5.74, 6) is -1.25. The van der Waals surface area contributed by atoms with E-state index < -0.39 is 36.1 Å². The zero-order chi connectivity index (χ0) is 46.2. The number of fused-ring (bicyclic) bond motifs is 3. The fourth-order valence-electron chi connectivity index (χ4n) is 10.3. The number of hydrogen-bond acceptors (Lipinski definition) is 10. The summed E-state index contributed by atoms with van der Waals surface area (Å²) in [6.45, 7) is 5.09. The molecule has 2 fully saturated rings. The van der Waals surface area contributed by atoms with Crippen molar-refractivity contribution in [2.75, 3.05) is 42.9 Å². The lowest BCUT2D eigenvalue weighted by Gasteiger charge is -2.34. The lowest BCUT2D eigenvalue weighted by Crippen LogP contribution is -2.54. The largest absolute Gasteiger partial charge is 0.385 e. The van der Waals surface area contributed by atoms with Crippen LogP contribution in [0.25, 0.3) is 11.1 Å². The van der Waals surface area contributed by atoms with E-state index >= 15 is 0 Å². The van der Waals surface area contributed by atoms with Crippen LogP contribution in [0.5, 0.6) is 0 Å². The smallest absolute Gasteiger partial charge is 0.264 e. The van der Waals surface area contributed by atoms with Crippen LogP contribution in [-0.2, 0) is 45.6 Å². The fourth-order valence-corrected chi connectivity index (χ4v) is 10.3. The molecule has 2 saturated heterocycles. The summed E-state index contributed by atoms with van der Waals surface area (Å²) in [4.78, 5) is 82.9. The van der Waals surface area contributed by atoms with Crippen molar-refractivity contribution in [1.82, 2.24) is 39.6 Å². The molecule has 1 atom stereocenters. The highest BCUT2D eigenvalue weighted by atomic mass is 19.3. The van der Waals surface area contributed by atoms with E-state index in [1.54, 1.807) is 55.3 Å². The molecule has 0 aliphatic carbocycles. The van der Waals surface area contributed by atoms with Crippen LogP contribution >= 0.6 is 0 Å². The van der Waals surface area contributed by atoms with Gasteiger partial charge in [0.2, 0.25) is 23.6 Å². The Bertz CT molecular complexity index is 2580. The minimum atomic E-state index is -2.69. The van der Waals surface area contributed by atoms with Crippen molar-refractivity contribution < 1.29 is 37.5 Å². The van der Waals surface area contributed by atoms with Crippen molar-refractivity contribution in [1.29, 1.82) is 0 Å². The first-order chi connectivity index (χ1) is 31.9. The van der Waals surface area contributed by atoms with Crippen molar-refractivity contribution in [3.63, 3.8) is 0 Å². The summed E-state index contributed by atoms with van der Waals surface area (Å²) < 4.78 is 33.1. The maximum atomic E-state index is 14.7. The molecule has 16 nitrogen and oxygen atoms in total. The molecule has 4 aromatic rings. The molecule has 0 spiro atoms. The number of aromatic nitrogens is 4. The van der Waals surface area contributed by atoms with Crippen molar-refractivity contribution in [3.05, 3.63) is 76.2 Å². The van der Waals surface area contributed by atoms with Gasteiger partial charge in [0.25, 0.3) is 18.2 Å². The molecule has 2 aromatic carbocycles. The number of carbonyl (C=O) groups excluding carboxylic acids is 6. The molecule has 5 aliphatic heterocycles. The van der Waals surface area contributed by atoms with E-state index in [1.165, 1.54) is 0 Å². The third-order valence-corrected chi connectivity index (χ3v) is 13.9. The van der Waals surface area contributed by atoms with Gasteiger partial charge in [0.05, 0.1) is 29.9 Å². The van der Waals surface area contributed by atoms with Crippen LogP contribution in [0.15, 0.2) is 42.7 Å². The second-order valence-corrected chi connectivity index (χ2v) is 18.2. The van der Waals surface area contributed by atoms with Crippen LogP contribution in [0.1, 0.15) is 133 Å². The van der Waals surface area contributed by atoms with E-state index in [2.05, 4.69) is 25.3 Å². The number of piperidine rings is 2. The first kappa shape index (κ1) is 44.7. The van der Waals surface area contributed by atoms with Gasteiger partial charge in [-0.25, -0.2) is 8.78 Å². The number of hydrogen-bond donors (Lipinski definition) is 2. The van der Waals surface area contributed by atoms with Gasteiger partial charge in [0, 0.05) is 106 Å². The van der Waals surface area contributed by atoms with Gasteiger partial charge in [-0.2, -0.15) is 10.2 Å². The number of alkyl halides is 2. The molecular formula is C48H56F2N10O6. The van der Waals surface area contributed by atoms with E-state index in [-0.39, 0.29) is 47.4 Å². The summed E-state index contributed by atoms with van der Waals surface area (Å²) in [5.41, 5.74) is 6.03. The number of aryl methyl sites for hydroxylation is 2. The number of nitrogens with zero attached hydrogens (tertiary/aromatic N) is 8. The number of benzene rings is 2. The average molecular weight is 907 g/mol. The molecule has 7 heterocycles. The van der Waals surface area contributed by atoms with Gasteiger partial charge in [-0.1, -0.05) is 19.3 Å². The minimum Gasteiger partial charge on any atom is -0.385 e. The topological polar surface area (TPSA) is 175 Å². The standard InChI is InChI=1S/C48H56F2N10O6/c1-29(61)57-22-17-39-38(28-57)45(58-19-8-9-30-23-35(31-26-52-55(2)27-31)36(44(49)50)25-41(30)58)54-60(39)33-15-20-56(21-16-33)43(63)10-6-4-3-5-7-18-51-32-11-12-34-37(24-32)48(66)59(47(34)65)40-13-14-42(62)53-46(40)64/h11-12,23-27,33,40,44,51H,3-10,13-22,28H2,1-2H3,(H,53,62,64). The maximum Gasteiger partial charge on any atom is 0.264 e. The third kappa shape index (κ3) is 8.80. The highest BCUT2D eigenvalue weighted by molar-refractivity contribution is 6.23. The zero-order valence-corrected chi connectivity index (χ0v) is 37.5. The van der Waals surface area contributed by atoms with Crippen LogP contribution in [0.2, 0.25) is 0 Å². The Kier molecular flexibility index (Phi) is 12.7. The average Bonchev–Trinajstić information content (AvgIpc) is 3.99. The van der Waals surface area contributed by atoms with E-state index in [1.807, 2.05) is 15.9 Å². The molecule has 2 N–H and O–H groups in total. The maximum absolute atomic E-state index is 14.7. The Labute approximate surface area is 381 Å². The first-order valence-electron chi connectivity index (χ1n) is 23.3. The van der Waals surface area contributed by atoms with Crippen LogP contribution in [0.3, 0.4) is 0 Å². The van der Waals surface area contributed by atoms with Crippen LogP contribution in [-0.4, -0.2) is 108 Å². The summed E-state index contributed by atoms with van der Waals surface area (Å²) in [5, 5.41) is 15.0. The van der Waals surface area contributed by atoms with Crippen molar-refractivity contribution in [2.24, 2.45) is 7.05 Å². The van der Waals surface area contributed by atoms with E-state index in [9.17, 15) is 37.5 Å². The Hall–Kier alpha value is -6.46. The van der Waals surface area contributed by atoms with Gasteiger partial charge in [-0.15, -0.1) is 0 Å². The second kappa shape index (κ2) is 18.8. The number of halogens is 2.